The smallest absolute Gasteiger partial charge is 0.0636 e. The van der Waals surface area contributed by atoms with Crippen molar-refractivity contribution in [1.29, 1.82) is 0 Å². The van der Waals surface area contributed by atoms with Crippen molar-refractivity contribution in [2.24, 2.45) is 23.0 Å². The van der Waals surface area contributed by atoms with Crippen LogP contribution < -0.4 is 5.73 Å². The molecule has 3 N–H and O–H groups in total. The summed E-state index contributed by atoms with van der Waals surface area (Å²) in [5.74, 6) is 0.813. The molecule has 1 aliphatic carbocycles. The zero-order valence-electron chi connectivity index (χ0n) is 9.09. The summed E-state index contributed by atoms with van der Waals surface area (Å²) in [4.78, 5) is 0. The molecule has 1 saturated carbocycles. The SMILES string of the molecule is CC(CN)C(O)C1(C(C)C)CCC1. The molecule has 78 valence electrons. The van der Waals surface area contributed by atoms with Gasteiger partial charge in [0, 0.05) is 0 Å². The fourth-order valence-corrected chi connectivity index (χ4v) is 2.50. The highest BCUT2D eigenvalue weighted by atomic mass is 16.3. The van der Waals surface area contributed by atoms with Crippen molar-refractivity contribution in [1.82, 2.24) is 0 Å². The van der Waals surface area contributed by atoms with Crippen LogP contribution in [0.4, 0.5) is 0 Å². The topological polar surface area (TPSA) is 46.2 Å². The van der Waals surface area contributed by atoms with Crippen LogP contribution in [0.2, 0.25) is 0 Å². The lowest BCUT2D eigenvalue weighted by atomic mass is 9.57. The number of hydrogen-bond donors (Lipinski definition) is 2. The van der Waals surface area contributed by atoms with E-state index in [1.54, 1.807) is 0 Å². The third-order valence-electron chi connectivity index (χ3n) is 3.93. The zero-order chi connectivity index (χ0) is 10.1. The van der Waals surface area contributed by atoms with Crippen LogP contribution in [0, 0.1) is 17.3 Å². The molecule has 13 heavy (non-hydrogen) atoms. The van der Waals surface area contributed by atoms with Crippen LogP contribution >= 0.6 is 0 Å². The van der Waals surface area contributed by atoms with Gasteiger partial charge in [0.1, 0.15) is 0 Å². The lowest BCUT2D eigenvalue weighted by Gasteiger charge is -2.50. The van der Waals surface area contributed by atoms with E-state index in [2.05, 4.69) is 13.8 Å². The Morgan fingerprint density at radius 1 is 1.31 bits per heavy atom. The molecule has 0 aromatic heterocycles. The van der Waals surface area contributed by atoms with E-state index in [1.807, 2.05) is 6.92 Å². The fourth-order valence-electron chi connectivity index (χ4n) is 2.50. The van der Waals surface area contributed by atoms with Crippen LogP contribution in [-0.4, -0.2) is 17.8 Å². The van der Waals surface area contributed by atoms with E-state index in [9.17, 15) is 5.11 Å². The molecule has 0 heterocycles. The minimum Gasteiger partial charge on any atom is -0.392 e. The molecule has 2 unspecified atom stereocenters. The molecule has 1 aliphatic rings. The molecular formula is C11H23NO. The monoisotopic (exact) mass is 185 g/mol. The minimum atomic E-state index is -0.203. The highest BCUT2D eigenvalue weighted by Crippen LogP contribution is 2.51. The molecule has 0 aliphatic heterocycles. The van der Waals surface area contributed by atoms with E-state index in [0.29, 0.717) is 12.5 Å². The fraction of sp³-hybridized carbons (Fsp3) is 1.00. The van der Waals surface area contributed by atoms with E-state index in [0.717, 1.165) is 0 Å². The third kappa shape index (κ3) is 1.75. The Bertz CT molecular complexity index is 163. The second-order valence-corrected chi connectivity index (χ2v) is 4.90. The van der Waals surface area contributed by atoms with Gasteiger partial charge in [0.15, 0.2) is 0 Å². The summed E-state index contributed by atoms with van der Waals surface area (Å²) < 4.78 is 0. The molecular weight excluding hydrogens is 162 g/mol. The summed E-state index contributed by atoms with van der Waals surface area (Å²) in [6.45, 7) is 7.07. The number of rotatable bonds is 4. The van der Waals surface area contributed by atoms with Crippen LogP contribution in [0.25, 0.3) is 0 Å². The molecule has 0 amide bonds. The lowest BCUT2D eigenvalue weighted by molar-refractivity contribution is -0.0930. The first-order valence-electron chi connectivity index (χ1n) is 5.42. The Hall–Kier alpha value is -0.0800. The molecule has 0 radical (unpaired) electrons. The first-order valence-corrected chi connectivity index (χ1v) is 5.42. The molecule has 0 aromatic carbocycles. The summed E-state index contributed by atoms with van der Waals surface area (Å²) in [7, 11) is 0. The molecule has 0 saturated heterocycles. The summed E-state index contributed by atoms with van der Waals surface area (Å²) in [5.41, 5.74) is 5.77. The van der Waals surface area contributed by atoms with Gasteiger partial charge in [-0.15, -0.1) is 0 Å². The molecule has 1 fully saturated rings. The van der Waals surface area contributed by atoms with Crippen molar-refractivity contribution in [2.45, 2.75) is 46.1 Å². The number of hydrogen-bond acceptors (Lipinski definition) is 2. The van der Waals surface area contributed by atoms with Crippen molar-refractivity contribution in [3.8, 4) is 0 Å². The minimum absolute atomic E-state index is 0.179. The average molecular weight is 185 g/mol. The van der Waals surface area contributed by atoms with Crippen LogP contribution in [0.15, 0.2) is 0 Å². The first kappa shape index (κ1) is 11.0. The Morgan fingerprint density at radius 3 is 2.08 bits per heavy atom. The molecule has 2 heteroatoms. The van der Waals surface area contributed by atoms with E-state index in [1.165, 1.54) is 19.3 Å². The standard InChI is InChI=1S/C11H23NO/c1-8(2)11(5-4-6-11)10(13)9(3)7-12/h8-10,13H,4-7,12H2,1-3H3. The van der Waals surface area contributed by atoms with Gasteiger partial charge >= 0.3 is 0 Å². The number of nitrogens with two attached hydrogens (primary N) is 1. The zero-order valence-corrected chi connectivity index (χ0v) is 9.09. The summed E-state index contributed by atoms with van der Waals surface area (Å²) in [5, 5.41) is 10.2. The van der Waals surface area contributed by atoms with Gasteiger partial charge < -0.3 is 10.8 Å². The average Bonchev–Trinajstić information content (AvgIpc) is 2.00. The van der Waals surface area contributed by atoms with Crippen molar-refractivity contribution < 1.29 is 5.11 Å². The van der Waals surface area contributed by atoms with E-state index in [-0.39, 0.29) is 17.4 Å². The van der Waals surface area contributed by atoms with Gasteiger partial charge in [-0.05, 0) is 36.6 Å². The van der Waals surface area contributed by atoms with Crippen molar-refractivity contribution in [2.75, 3.05) is 6.54 Å². The maximum Gasteiger partial charge on any atom is 0.0636 e. The van der Waals surface area contributed by atoms with Gasteiger partial charge in [-0.2, -0.15) is 0 Å². The van der Waals surface area contributed by atoms with Crippen LogP contribution in [0.3, 0.4) is 0 Å². The second-order valence-electron chi connectivity index (χ2n) is 4.90. The van der Waals surface area contributed by atoms with E-state index < -0.39 is 0 Å². The van der Waals surface area contributed by atoms with Crippen molar-refractivity contribution >= 4 is 0 Å². The van der Waals surface area contributed by atoms with Gasteiger partial charge in [0.25, 0.3) is 0 Å². The number of aliphatic hydroxyl groups excluding tert-OH is 1. The van der Waals surface area contributed by atoms with Gasteiger partial charge in [0.05, 0.1) is 6.10 Å². The Balaban J connectivity index is 2.65. The van der Waals surface area contributed by atoms with Gasteiger partial charge in [-0.25, -0.2) is 0 Å². The molecule has 2 atom stereocenters. The molecule has 1 rings (SSSR count). The largest absolute Gasteiger partial charge is 0.392 e. The van der Waals surface area contributed by atoms with E-state index in [4.69, 9.17) is 5.73 Å². The Labute approximate surface area is 81.5 Å². The number of aliphatic hydroxyl groups is 1. The quantitative estimate of drug-likeness (QED) is 0.701. The van der Waals surface area contributed by atoms with Crippen LogP contribution in [0.5, 0.6) is 0 Å². The predicted octanol–water partition coefficient (Wildman–Crippen LogP) is 1.77. The second kappa shape index (κ2) is 3.97. The predicted molar refractivity (Wildman–Crippen MR) is 55.3 cm³/mol. The molecule has 0 spiro atoms. The molecule has 2 nitrogen and oxygen atoms in total. The Kier molecular flexibility index (Phi) is 3.36. The van der Waals surface area contributed by atoms with Crippen LogP contribution in [-0.2, 0) is 0 Å². The maximum atomic E-state index is 10.2. The normalized spacial score (nSPS) is 25.4. The molecule has 0 aromatic rings. The van der Waals surface area contributed by atoms with Crippen LogP contribution in [0.1, 0.15) is 40.0 Å². The third-order valence-corrected chi connectivity index (χ3v) is 3.93. The highest BCUT2D eigenvalue weighted by Gasteiger charge is 2.47. The van der Waals surface area contributed by atoms with Gasteiger partial charge in [-0.1, -0.05) is 27.2 Å². The summed E-state index contributed by atoms with van der Waals surface area (Å²) in [6, 6.07) is 0. The highest BCUT2D eigenvalue weighted by molar-refractivity contribution is 4.97. The first-order chi connectivity index (χ1) is 6.04. The summed E-state index contributed by atoms with van der Waals surface area (Å²) in [6.07, 6.45) is 3.42. The lowest BCUT2D eigenvalue weighted by Crippen LogP contribution is -2.49. The maximum absolute atomic E-state index is 10.2. The van der Waals surface area contributed by atoms with E-state index >= 15 is 0 Å². The Morgan fingerprint density at radius 2 is 1.85 bits per heavy atom. The van der Waals surface area contributed by atoms with Gasteiger partial charge in [-0.3, -0.25) is 0 Å². The summed E-state index contributed by atoms with van der Waals surface area (Å²) >= 11 is 0. The van der Waals surface area contributed by atoms with Crippen molar-refractivity contribution in [3.05, 3.63) is 0 Å². The van der Waals surface area contributed by atoms with Crippen molar-refractivity contribution in [3.63, 3.8) is 0 Å². The van der Waals surface area contributed by atoms with Gasteiger partial charge in [0.2, 0.25) is 0 Å². The molecule has 0 bridgehead atoms.